The van der Waals surface area contributed by atoms with Crippen molar-refractivity contribution in [2.24, 2.45) is 0 Å². The topological polar surface area (TPSA) is 69.0 Å². The highest BCUT2D eigenvalue weighted by atomic mass is 35.5. The van der Waals surface area contributed by atoms with E-state index in [0.717, 1.165) is 17.5 Å². The minimum atomic E-state index is -0.271. The molecule has 6 nitrogen and oxygen atoms in total. The Kier molecular flexibility index (Phi) is 5.18. The number of ether oxygens (including phenoxy) is 1. The average molecular weight is 383 g/mol. The van der Waals surface area contributed by atoms with Crippen molar-refractivity contribution >= 4 is 17.5 Å². The molecule has 4 rings (SSSR count). The van der Waals surface area contributed by atoms with E-state index >= 15 is 0 Å². The van der Waals surface area contributed by atoms with Crippen molar-refractivity contribution in [2.75, 3.05) is 13.2 Å². The van der Waals surface area contributed by atoms with E-state index in [0.29, 0.717) is 24.7 Å². The van der Waals surface area contributed by atoms with E-state index in [4.69, 9.17) is 16.3 Å². The van der Waals surface area contributed by atoms with Gasteiger partial charge < -0.3 is 10.1 Å². The first-order valence-corrected chi connectivity index (χ1v) is 9.19. The third-order valence-electron chi connectivity index (χ3n) is 4.60. The van der Waals surface area contributed by atoms with Gasteiger partial charge in [0.05, 0.1) is 19.3 Å². The van der Waals surface area contributed by atoms with Crippen LogP contribution < -0.4 is 5.32 Å². The fourth-order valence-electron chi connectivity index (χ4n) is 3.20. The van der Waals surface area contributed by atoms with Crippen LogP contribution in [0.15, 0.2) is 54.7 Å². The standard InChI is InChI=1S/C20H19ClN4O2/c21-17-8-4-2-6-15(17)12-25-13-18(23-24-25)20(26)22-11-19-16-7-3-1-5-14(16)9-10-27-19/h1-8,13,19H,9-12H2,(H,22,26). The Labute approximate surface area is 162 Å². The second kappa shape index (κ2) is 7.90. The molecule has 0 bridgehead atoms. The third-order valence-corrected chi connectivity index (χ3v) is 4.97. The molecule has 1 unspecified atom stereocenters. The lowest BCUT2D eigenvalue weighted by molar-refractivity contribution is 0.0411. The Bertz CT molecular complexity index is 956. The molecule has 2 aromatic carbocycles. The summed E-state index contributed by atoms with van der Waals surface area (Å²) in [7, 11) is 0. The Balaban J connectivity index is 1.39. The van der Waals surface area contributed by atoms with Gasteiger partial charge in [-0.3, -0.25) is 4.79 Å². The van der Waals surface area contributed by atoms with Crippen LogP contribution in [0.1, 0.15) is 33.3 Å². The highest BCUT2D eigenvalue weighted by Crippen LogP contribution is 2.26. The molecular formula is C20H19ClN4O2. The number of nitrogens with zero attached hydrogens (tertiary/aromatic N) is 3. The van der Waals surface area contributed by atoms with E-state index in [1.54, 1.807) is 10.9 Å². The van der Waals surface area contributed by atoms with Gasteiger partial charge in [-0.15, -0.1) is 5.10 Å². The summed E-state index contributed by atoms with van der Waals surface area (Å²) < 4.78 is 7.42. The summed E-state index contributed by atoms with van der Waals surface area (Å²) in [6.07, 6.45) is 2.38. The van der Waals surface area contributed by atoms with Crippen LogP contribution in [0.25, 0.3) is 0 Å². The van der Waals surface area contributed by atoms with Crippen LogP contribution in [0.2, 0.25) is 5.02 Å². The Morgan fingerprint density at radius 2 is 2.04 bits per heavy atom. The van der Waals surface area contributed by atoms with Crippen LogP contribution in [-0.4, -0.2) is 34.1 Å². The van der Waals surface area contributed by atoms with Gasteiger partial charge in [0.15, 0.2) is 5.69 Å². The number of hydrogen-bond acceptors (Lipinski definition) is 4. The summed E-state index contributed by atoms with van der Waals surface area (Å²) in [4.78, 5) is 12.4. The molecule has 1 aliphatic rings. The number of hydrogen-bond donors (Lipinski definition) is 1. The molecule has 0 saturated carbocycles. The fraction of sp³-hybridized carbons (Fsp3) is 0.250. The summed E-state index contributed by atoms with van der Waals surface area (Å²) in [5.74, 6) is -0.271. The van der Waals surface area contributed by atoms with Crippen LogP contribution in [0, 0.1) is 0 Å². The van der Waals surface area contributed by atoms with E-state index < -0.39 is 0 Å². The molecule has 0 fully saturated rings. The molecule has 7 heteroatoms. The number of carbonyl (C=O) groups is 1. The van der Waals surface area contributed by atoms with Crippen molar-refractivity contribution in [3.63, 3.8) is 0 Å². The molecule has 138 valence electrons. The van der Waals surface area contributed by atoms with Crippen LogP contribution in [0.3, 0.4) is 0 Å². The van der Waals surface area contributed by atoms with Gasteiger partial charge in [-0.2, -0.15) is 0 Å². The molecule has 1 aromatic heterocycles. The number of aromatic nitrogens is 3. The van der Waals surface area contributed by atoms with Gasteiger partial charge in [0, 0.05) is 11.6 Å². The molecule has 1 atom stereocenters. The normalized spacial score (nSPS) is 16.0. The first-order valence-electron chi connectivity index (χ1n) is 8.82. The van der Waals surface area contributed by atoms with Crippen molar-refractivity contribution in [3.05, 3.63) is 82.1 Å². The summed E-state index contributed by atoms with van der Waals surface area (Å²) in [6.45, 7) is 1.51. The van der Waals surface area contributed by atoms with E-state index in [-0.39, 0.29) is 17.7 Å². The molecular weight excluding hydrogens is 364 g/mol. The van der Waals surface area contributed by atoms with Gasteiger partial charge in [0.1, 0.15) is 6.10 Å². The minimum Gasteiger partial charge on any atom is -0.371 e. The zero-order chi connectivity index (χ0) is 18.6. The SMILES string of the molecule is O=C(NCC1OCCc2ccccc21)c1cn(Cc2ccccc2Cl)nn1. The Hall–Kier alpha value is -2.70. The zero-order valence-electron chi connectivity index (χ0n) is 14.6. The van der Waals surface area contributed by atoms with E-state index in [2.05, 4.69) is 21.7 Å². The molecule has 0 aliphatic carbocycles. The summed E-state index contributed by atoms with van der Waals surface area (Å²) in [5, 5.41) is 11.5. The lowest BCUT2D eigenvalue weighted by atomic mass is 9.97. The predicted molar refractivity (Wildman–Crippen MR) is 102 cm³/mol. The van der Waals surface area contributed by atoms with Gasteiger partial charge >= 0.3 is 0 Å². The molecule has 27 heavy (non-hydrogen) atoms. The highest BCUT2D eigenvalue weighted by molar-refractivity contribution is 6.31. The van der Waals surface area contributed by atoms with Crippen LogP contribution in [0.4, 0.5) is 0 Å². The number of carbonyl (C=O) groups excluding carboxylic acids is 1. The molecule has 1 amide bonds. The fourth-order valence-corrected chi connectivity index (χ4v) is 3.40. The Morgan fingerprint density at radius 3 is 2.93 bits per heavy atom. The first-order chi connectivity index (χ1) is 13.2. The van der Waals surface area contributed by atoms with E-state index in [1.165, 1.54) is 5.56 Å². The van der Waals surface area contributed by atoms with Crippen molar-refractivity contribution in [1.82, 2.24) is 20.3 Å². The predicted octanol–water partition coefficient (Wildman–Crippen LogP) is 3.02. The molecule has 3 aromatic rings. The number of rotatable bonds is 5. The maximum atomic E-state index is 12.4. The maximum absolute atomic E-state index is 12.4. The van der Waals surface area contributed by atoms with Crippen LogP contribution in [-0.2, 0) is 17.7 Å². The van der Waals surface area contributed by atoms with Gasteiger partial charge in [-0.05, 0) is 29.2 Å². The second-order valence-electron chi connectivity index (χ2n) is 6.41. The molecule has 0 saturated heterocycles. The summed E-state index contributed by atoms with van der Waals surface area (Å²) >= 11 is 6.17. The smallest absolute Gasteiger partial charge is 0.273 e. The van der Waals surface area contributed by atoms with Gasteiger partial charge in [0.25, 0.3) is 5.91 Å². The second-order valence-corrected chi connectivity index (χ2v) is 6.82. The van der Waals surface area contributed by atoms with Crippen molar-refractivity contribution < 1.29 is 9.53 Å². The van der Waals surface area contributed by atoms with Crippen LogP contribution in [0.5, 0.6) is 0 Å². The molecule has 1 N–H and O–H groups in total. The molecule has 0 radical (unpaired) electrons. The van der Waals surface area contributed by atoms with Crippen molar-refractivity contribution in [1.29, 1.82) is 0 Å². The van der Waals surface area contributed by atoms with Gasteiger partial charge in [-0.25, -0.2) is 4.68 Å². The van der Waals surface area contributed by atoms with Crippen molar-refractivity contribution in [2.45, 2.75) is 19.1 Å². The maximum Gasteiger partial charge on any atom is 0.273 e. The molecule has 2 heterocycles. The average Bonchev–Trinajstić information content (AvgIpc) is 3.16. The first kappa shape index (κ1) is 17.7. The summed E-state index contributed by atoms with van der Waals surface area (Å²) in [5.41, 5.74) is 3.59. The monoisotopic (exact) mass is 382 g/mol. The lowest BCUT2D eigenvalue weighted by Gasteiger charge is -2.26. The largest absolute Gasteiger partial charge is 0.371 e. The number of nitrogens with one attached hydrogen (secondary N) is 1. The molecule has 0 spiro atoms. The van der Waals surface area contributed by atoms with E-state index in [1.807, 2.05) is 42.5 Å². The molecule has 1 aliphatic heterocycles. The minimum absolute atomic E-state index is 0.142. The van der Waals surface area contributed by atoms with Crippen LogP contribution >= 0.6 is 11.6 Å². The summed E-state index contributed by atoms with van der Waals surface area (Å²) in [6, 6.07) is 15.7. The lowest BCUT2D eigenvalue weighted by Crippen LogP contribution is -2.32. The third kappa shape index (κ3) is 4.02. The quantitative estimate of drug-likeness (QED) is 0.736. The zero-order valence-corrected chi connectivity index (χ0v) is 15.4. The highest BCUT2D eigenvalue weighted by Gasteiger charge is 2.21. The van der Waals surface area contributed by atoms with Crippen molar-refractivity contribution in [3.8, 4) is 0 Å². The van der Waals surface area contributed by atoms with E-state index in [9.17, 15) is 4.79 Å². The number of halogens is 1. The number of amides is 1. The number of benzene rings is 2. The van der Waals surface area contributed by atoms with Gasteiger partial charge in [-0.1, -0.05) is 59.3 Å². The number of fused-ring (bicyclic) bond motifs is 1. The van der Waals surface area contributed by atoms with Gasteiger partial charge in [0.2, 0.25) is 0 Å². The Morgan fingerprint density at radius 1 is 1.22 bits per heavy atom.